The van der Waals surface area contributed by atoms with Crippen molar-refractivity contribution in [3.63, 3.8) is 0 Å². The molecular weight excluding hydrogens is 220 g/mol. The lowest BCUT2D eigenvalue weighted by Crippen LogP contribution is -2.62. The lowest BCUT2D eigenvalue weighted by atomic mass is 10.2. The van der Waals surface area contributed by atoms with Gasteiger partial charge in [-0.25, -0.2) is 0 Å². The molecule has 0 atom stereocenters. The summed E-state index contributed by atoms with van der Waals surface area (Å²) in [5, 5.41) is 0. The van der Waals surface area contributed by atoms with E-state index in [2.05, 4.69) is 60.8 Å². The van der Waals surface area contributed by atoms with Crippen molar-refractivity contribution in [1.29, 1.82) is 0 Å². The van der Waals surface area contributed by atoms with E-state index < -0.39 is 15.7 Å². The van der Waals surface area contributed by atoms with E-state index >= 15 is 0 Å². The molecule has 0 bridgehead atoms. The molecular formula is C11H28O2Si2. The van der Waals surface area contributed by atoms with Gasteiger partial charge in [0.2, 0.25) is 15.7 Å². The second kappa shape index (κ2) is 4.69. The molecule has 0 aromatic carbocycles. The highest BCUT2D eigenvalue weighted by atomic mass is 29.3. The Bertz CT molecular complexity index is 205. The average Bonchev–Trinajstić information content (AvgIpc) is 1.75. The Labute approximate surface area is 97.4 Å². The summed E-state index contributed by atoms with van der Waals surface area (Å²) >= 11 is 0. The largest absolute Gasteiger partial charge is 0.415 e. The van der Waals surface area contributed by atoms with Crippen molar-refractivity contribution >= 4 is 15.7 Å². The molecule has 0 rings (SSSR count). The highest BCUT2D eigenvalue weighted by molar-refractivity contribution is 7.35. The number of rotatable bonds is 4. The van der Waals surface area contributed by atoms with Gasteiger partial charge in [0, 0.05) is 11.7 Å². The van der Waals surface area contributed by atoms with Gasteiger partial charge in [-0.3, -0.25) is 0 Å². The zero-order valence-corrected chi connectivity index (χ0v) is 13.9. The first-order chi connectivity index (χ1) is 6.37. The second-order valence-electron chi connectivity index (χ2n) is 6.40. The Morgan fingerprint density at radius 2 is 1.27 bits per heavy atom. The van der Waals surface area contributed by atoms with E-state index in [-0.39, 0.29) is 5.60 Å². The summed E-state index contributed by atoms with van der Waals surface area (Å²) in [6, 6.07) is 0. The third kappa shape index (κ3) is 5.29. The predicted octanol–water partition coefficient (Wildman–Crippen LogP) is 3.72. The first-order valence-electron chi connectivity index (χ1n) is 5.75. The van der Waals surface area contributed by atoms with Gasteiger partial charge in [-0.1, -0.05) is 0 Å². The lowest BCUT2D eigenvalue weighted by Gasteiger charge is -2.42. The summed E-state index contributed by atoms with van der Waals surface area (Å²) in [7, 11) is -3.40. The fraction of sp³-hybridized carbons (Fsp3) is 1.00. The quantitative estimate of drug-likeness (QED) is 0.706. The predicted molar refractivity (Wildman–Crippen MR) is 72.0 cm³/mol. The molecule has 2 nitrogen and oxygen atoms in total. The average molecular weight is 249 g/mol. The molecule has 0 unspecified atom stereocenters. The van der Waals surface area contributed by atoms with Crippen molar-refractivity contribution in [3.05, 3.63) is 0 Å². The molecule has 0 saturated carbocycles. The van der Waals surface area contributed by atoms with Gasteiger partial charge in [0.15, 0.2) is 0 Å². The minimum absolute atomic E-state index is 0.0552. The van der Waals surface area contributed by atoms with Crippen molar-refractivity contribution in [2.24, 2.45) is 0 Å². The monoisotopic (exact) mass is 248 g/mol. The Morgan fingerprint density at radius 3 is 1.53 bits per heavy atom. The molecule has 0 aliphatic heterocycles. The van der Waals surface area contributed by atoms with E-state index in [0.29, 0.717) is 6.10 Å². The minimum atomic E-state index is -1.71. The van der Waals surface area contributed by atoms with E-state index in [0.717, 1.165) is 0 Å². The van der Waals surface area contributed by atoms with Crippen LogP contribution < -0.4 is 0 Å². The Balaban J connectivity index is 4.69. The molecule has 0 aliphatic carbocycles. The standard InChI is InChI=1S/C11H28O2Si2/c1-10(2)12-14(6,7)15(8,9)13-11(3,4)5/h10H,1-9H3. The molecule has 0 aromatic rings. The van der Waals surface area contributed by atoms with Crippen LogP contribution in [0.1, 0.15) is 34.6 Å². The van der Waals surface area contributed by atoms with Gasteiger partial charge in [-0.05, 0) is 60.8 Å². The van der Waals surface area contributed by atoms with Crippen molar-refractivity contribution in [2.45, 2.75) is 72.5 Å². The highest BCUT2D eigenvalue weighted by Gasteiger charge is 2.47. The molecule has 0 fully saturated rings. The van der Waals surface area contributed by atoms with Gasteiger partial charge in [0.1, 0.15) is 0 Å². The van der Waals surface area contributed by atoms with E-state index in [9.17, 15) is 0 Å². The van der Waals surface area contributed by atoms with Crippen LogP contribution in [0.15, 0.2) is 0 Å². The Hall–Kier alpha value is 0.354. The maximum atomic E-state index is 6.27. The van der Waals surface area contributed by atoms with Crippen LogP contribution in [-0.2, 0) is 8.85 Å². The van der Waals surface area contributed by atoms with Crippen molar-refractivity contribution in [1.82, 2.24) is 0 Å². The van der Waals surface area contributed by atoms with Gasteiger partial charge in [-0.2, -0.15) is 0 Å². The summed E-state index contributed by atoms with van der Waals surface area (Å²) in [5.41, 5.74) is -0.0552. The lowest BCUT2D eigenvalue weighted by molar-refractivity contribution is 0.121. The first kappa shape index (κ1) is 15.4. The third-order valence-electron chi connectivity index (χ3n) is 2.54. The molecule has 92 valence electrons. The Morgan fingerprint density at radius 1 is 0.867 bits per heavy atom. The first-order valence-corrected chi connectivity index (χ1v) is 12.6. The van der Waals surface area contributed by atoms with Gasteiger partial charge < -0.3 is 8.85 Å². The van der Waals surface area contributed by atoms with Gasteiger partial charge in [-0.15, -0.1) is 0 Å². The summed E-state index contributed by atoms with van der Waals surface area (Å²) in [5.74, 6) is 0. The maximum Gasteiger partial charge on any atom is 0.205 e. The van der Waals surface area contributed by atoms with Crippen LogP contribution in [0, 0.1) is 0 Å². The van der Waals surface area contributed by atoms with Crippen LogP contribution in [0.2, 0.25) is 26.2 Å². The summed E-state index contributed by atoms with van der Waals surface area (Å²) in [6.45, 7) is 19.7. The van der Waals surface area contributed by atoms with Gasteiger partial charge in [0.25, 0.3) is 0 Å². The molecule has 0 spiro atoms. The molecule has 0 aliphatic rings. The topological polar surface area (TPSA) is 18.5 Å². The normalized spacial score (nSPS) is 14.8. The van der Waals surface area contributed by atoms with Crippen molar-refractivity contribution < 1.29 is 8.85 Å². The minimum Gasteiger partial charge on any atom is -0.415 e. The van der Waals surface area contributed by atoms with Crippen LogP contribution >= 0.6 is 0 Å². The van der Waals surface area contributed by atoms with Crippen molar-refractivity contribution in [2.75, 3.05) is 0 Å². The zero-order valence-electron chi connectivity index (χ0n) is 11.9. The van der Waals surface area contributed by atoms with E-state index in [1.165, 1.54) is 0 Å². The van der Waals surface area contributed by atoms with Crippen molar-refractivity contribution in [3.8, 4) is 0 Å². The molecule has 0 aromatic heterocycles. The van der Waals surface area contributed by atoms with E-state index in [4.69, 9.17) is 8.85 Å². The summed E-state index contributed by atoms with van der Waals surface area (Å²) < 4.78 is 12.4. The number of hydrogen-bond acceptors (Lipinski definition) is 2. The van der Waals surface area contributed by atoms with E-state index in [1.54, 1.807) is 0 Å². The zero-order chi connectivity index (χ0) is 12.5. The van der Waals surface area contributed by atoms with Crippen LogP contribution in [-0.4, -0.2) is 27.4 Å². The molecule has 0 amide bonds. The van der Waals surface area contributed by atoms with Crippen LogP contribution in [0.3, 0.4) is 0 Å². The fourth-order valence-corrected chi connectivity index (χ4v) is 8.07. The van der Waals surface area contributed by atoms with Crippen LogP contribution in [0.4, 0.5) is 0 Å². The third-order valence-corrected chi connectivity index (χ3v) is 17.0. The molecule has 0 N–H and O–H groups in total. The molecule has 0 radical (unpaired) electrons. The molecule has 15 heavy (non-hydrogen) atoms. The summed E-state index contributed by atoms with van der Waals surface area (Å²) in [6.07, 6.45) is 0.307. The van der Waals surface area contributed by atoms with E-state index in [1.807, 2.05) is 0 Å². The maximum absolute atomic E-state index is 6.27. The van der Waals surface area contributed by atoms with Crippen LogP contribution in [0.25, 0.3) is 0 Å². The molecule has 4 heteroatoms. The fourth-order valence-electron chi connectivity index (χ4n) is 1.62. The molecule has 0 saturated heterocycles. The van der Waals surface area contributed by atoms with Crippen LogP contribution in [0.5, 0.6) is 0 Å². The number of hydrogen-bond donors (Lipinski definition) is 0. The second-order valence-corrected chi connectivity index (χ2v) is 20.1. The summed E-state index contributed by atoms with van der Waals surface area (Å²) in [4.78, 5) is 0. The Kier molecular flexibility index (Phi) is 4.80. The highest BCUT2D eigenvalue weighted by Crippen LogP contribution is 2.27. The SMILES string of the molecule is CC(C)O[Si](C)(C)[Si](C)(C)OC(C)(C)C. The smallest absolute Gasteiger partial charge is 0.205 e. The van der Waals surface area contributed by atoms with Gasteiger partial charge in [0.05, 0.1) is 0 Å². The molecule has 0 heterocycles. The van der Waals surface area contributed by atoms with Gasteiger partial charge >= 0.3 is 0 Å².